The minimum atomic E-state index is 0.0874. The fraction of sp³-hybridized carbons (Fsp3) is 0.917. The summed E-state index contributed by atoms with van der Waals surface area (Å²) in [5.74, 6) is 1.10. The van der Waals surface area contributed by atoms with Crippen molar-refractivity contribution in [1.82, 2.24) is 4.90 Å². The second-order valence-corrected chi connectivity index (χ2v) is 5.91. The topological polar surface area (TPSA) is 20.3 Å². The molecule has 2 nitrogen and oxygen atoms in total. The van der Waals surface area contributed by atoms with E-state index in [4.69, 9.17) is 0 Å². The molecular weight excluding hydrogens is 254 g/mol. The molecule has 3 heteroatoms. The number of amides is 1. The molecule has 0 aromatic heterocycles. The van der Waals surface area contributed by atoms with Crippen LogP contribution in [0.15, 0.2) is 0 Å². The van der Waals surface area contributed by atoms with Gasteiger partial charge in [0.05, 0.1) is 4.83 Å². The summed E-state index contributed by atoms with van der Waals surface area (Å²) in [6.07, 6.45) is 7.25. The molecular formula is C12H20BrNO. The SMILES string of the molecule is CCC1CCCC1N1CCCC(Br)C1=O. The van der Waals surface area contributed by atoms with Gasteiger partial charge >= 0.3 is 0 Å². The number of nitrogens with zero attached hydrogens (tertiary/aromatic N) is 1. The van der Waals surface area contributed by atoms with E-state index in [0.29, 0.717) is 11.9 Å². The molecule has 0 aromatic carbocycles. The predicted molar refractivity (Wildman–Crippen MR) is 65.1 cm³/mol. The van der Waals surface area contributed by atoms with Crippen molar-refractivity contribution in [2.75, 3.05) is 6.54 Å². The Morgan fingerprint density at radius 3 is 2.87 bits per heavy atom. The number of piperidine rings is 1. The number of carbonyl (C=O) groups excluding carboxylic acids is 1. The number of rotatable bonds is 2. The van der Waals surface area contributed by atoms with E-state index in [2.05, 4.69) is 27.8 Å². The molecule has 86 valence electrons. The van der Waals surface area contributed by atoms with Crippen molar-refractivity contribution in [3.05, 3.63) is 0 Å². The zero-order valence-electron chi connectivity index (χ0n) is 9.42. The molecule has 1 saturated carbocycles. The van der Waals surface area contributed by atoms with Gasteiger partial charge in [-0.05, 0) is 31.6 Å². The van der Waals surface area contributed by atoms with Crippen LogP contribution in [0.2, 0.25) is 0 Å². The first-order valence-corrected chi connectivity index (χ1v) is 7.10. The highest BCUT2D eigenvalue weighted by molar-refractivity contribution is 9.10. The monoisotopic (exact) mass is 273 g/mol. The summed E-state index contributed by atoms with van der Waals surface area (Å²) in [6.45, 7) is 3.24. The number of hydrogen-bond donors (Lipinski definition) is 0. The molecule has 0 bridgehead atoms. The number of carbonyl (C=O) groups is 1. The van der Waals surface area contributed by atoms with Crippen molar-refractivity contribution < 1.29 is 4.79 Å². The summed E-state index contributed by atoms with van der Waals surface area (Å²) >= 11 is 3.49. The molecule has 1 aliphatic carbocycles. The lowest BCUT2D eigenvalue weighted by Gasteiger charge is -2.37. The highest BCUT2D eigenvalue weighted by atomic mass is 79.9. The second kappa shape index (κ2) is 4.86. The second-order valence-electron chi connectivity index (χ2n) is 4.81. The van der Waals surface area contributed by atoms with E-state index < -0.39 is 0 Å². The Kier molecular flexibility index (Phi) is 3.70. The van der Waals surface area contributed by atoms with Gasteiger partial charge in [-0.25, -0.2) is 0 Å². The molecule has 1 amide bonds. The smallest absolute Gasteiger partial charge is 0.236 e. The molecule has 3 unspecified atom stereocenters. The molecule has 0 aromatic rings. The summed E-state index contributed by atoms with van der Waals surface area (Å²) in [5.41, 5.74) is 0. The lowest BCUT2D eigenvalue weighted by Crippen LogP contribution is -2.49. The molecule has 15 heavy (non-hydrogen) atoms. The van der Waals surface area contributed by atoms with Gasteiger partial charge < -0.3 is 4.90 Å². The average molecular weight is 274 g/mol. The van der Waals surface area contributed by atoms with Crippen LogP contribution in [0.25, 0.3) is 0 Å². The van der Waals surface area contributed by atoms with Crippen LogP contribution in [0, 0.1) is 5.92 Å². The maximum absolute atomic E-state index is 12.1. The van der Waals surface area contributed by atoms with Crippen molar-refractivity contribution in [2.45, 2.75) is 56.3 Å². The van der Waals surface area contributed by atoms with Gasteiger partial charge in [-0.3, -0.25) is 4.79 Å². The summed E-state index contributed by atoms with van der Waals surface area (Å²) < 4.78 is 0. The Morgan fingerprint density at radius 2 is 2.13 bits per heavy atom. The molecule has 1 aliphatic heterocycles. The van der Waals surface area contributed by atoms with Crippen LogP contribution in [0.3, 0.4) is 0 Å². The van der Waals surface area contributed by atoms with Gasteiger partial charge in [0, 0.05) is 12.6 Å². The fourth-order valence-corrected chi connectivity index (χ4v) is 3.67. The maximum Gasteiger partial charge on any atom is 0.236 e. The lowest BCUT2D eigenvalue weighted by atomic mass is 9.97. The van der Waals surface area contributed by atoms with Crippen LogP contribution < -0.4 is 0 Å². The van der Waals surface area contributed by atoms with E-state index >= 15 is 0 Å². The van der Waals surface area contributed by atoms with Crippen LogP contribution in [0.4, 0.5) is 0 Å². The van der Waals surface area contributed by atoms with Gasteiger partial charge in [0.25, 0.3) is 0 Å². The molecule has 2 aliphatic rings. The molecule has 1 heterocycles. The van der Waals surface area contributed by atoms with Crippen LogP contribution in [-0.2, 0) is 4.79 Å². The highest BCUT2D eigenvalue weighted by Gasteiger charge is 2.37. The first-order chi connectivity index (χ1) is 7.24. The third kappa shape index (κ3) is 2.22. The molecule has 0 N–H and O–H groups in total. The maximum atomic E-state index is 12.1. The van der Waals surface area contributed by atoms with E-state index in [9.17, 15) is 4.79 Å². The Bertz CT molecular complexity index is 244. The van der Waals surface area contributed by atoms with Gasteiger partial charge in [0.2, 0.25) is 5.91 Å². The zero-order chi connectivity index (χ0) is 10.8. The Hall–Kier alpha value is -0.0500. The quantitative estimate of drug-likeness (QED) is 0.709. The highest BCUT2D eigenvalue weighted by Crippen LogP contribution is 2.34. The summed E-state index contributed by atoms with van der Waals surface area (Å²) in [4.78, 5) is 14.3. The number of likely N-dealkylation sites (tertiary alicyclic amines) is 1. The number of halogens is 1. The van der Waals surface area contributed by atoms with E-state index in [1.807, 2.05) is 0 Å². The minimum absolute atomic E-state index is 0.0874. The van der Waals surface area contributed by atoms with Crippen molar-refractivity contribution in [2.24, 2.45) is 5.92 Å². The van der Waals surface area contributed by atoms with Crippen molar-refractivity contribution in [1.29, 1.82) is 0 Å². The first-order valence-electron chi connectivity index (χ1n) is 6.18. The largest absolute Gasteiger partial charge is 0.338 e. The molecule has 0 spiro atoms. The Morgan fingerprint density at radius 1 is 1.33 bits per heavy atom. The van der Waals surface area contributed by atoms with Crippen LogP contribution >= 0.6 is 15.9 Å². The predicted octanol–water partition coefficient (Wildman–Crippen LogP) is 2.95. The lowest BCUT2D eigenvalue weighted by molar-refractivity contribution is -0.135. The van der Waals surface area contributed by atoms with E-state index in [0.717, 1.165) is 25.3 Å². The average Bonchev–Trinajstić information content (AvgIpc) is 2.70. The van der Waals surface area contributed by atoms with Crippen molar-refractivity contribution >= 4 is 21.8 Å². The third-order valence-corrected chi connectivity index (χ3v) is 4.80. The molecule has 3 atom stereocenters. The van der Waals surface area contributed by atoms with E-state index in [-0.39, 0.29) is 4.83 Å². The standard InChI is InChI=1S/C12H20BrNO/c1-2-9-5-3-7-11(9)14-8-4-6-10(13)12(14)15/h9-11H,2-8H2,1H3. The van der Waals surface area contributed by atoms with E-state index in [1.165, 1.54) is 25.7 Å². The van der Waals surface area contributed by atoms with Gasteiger partial charge in [-0.1, -0.05) is 35.7 Å². The van der Waals surface area contributed by atoms with Crippen molar-refractivity contribution in [3.63, 3.8) is 0 Å². The molecule has 2 fully saturated rings. The number of alkyl halides is 1. The van der Waals surface area contributed by atoms with Gasteiger partial charge in [0.1, 0.15) is 0 Å². The zero-order valence-corrected chi connectivity index (χ0v) is 11.0. The van der Waals surface area contributed by atoms with Crippen LogP contribution in [-0.4, -0.2) is 28.2 Å². The molecule has 1 saturated heterocycles. The van der Waals surface area contributed by atoms with Crippen LogP contribution in [0.1, 0.15) is 45.4 Å². The Labute approximate surface area is 101 Å². The Balaban J connectivity index is 2.05. The number of hydrogen-bond acceptors (Lipinski definition) is 1. The summed E-state index contributed by atoms with van der Waals surface area (Å²) in [5, 5.41) is 0. The summed E-state index contributed by atoms with van der Waals surface area (Å²) in [7, 11) is 0. The normalized spacial score (nSPS) is 37.3. The van der Waals surface area contributed by atoms with Crippen molar-refractivity contribution in [3.8, 4) is 0 Å². The first kappa shape index (κ1) is 11.4. The fourth-order valence-electron chi connectivity index (χ4n) is 3.09. The van der Waals surface area contributed by atoms with E-state index in [1.54, 1.807) is 0 Å². The minimum Gasteiger partial charge on any atom is -0.338 e. The molecule has 0 radical (unpaired) electrons. The molecule has 2 rings (SSSR count). The summed E-state index contributed by atoms with van der Waals surface area (Å²) in [6, 6.07) is 0.544. The van der Waals surface area contributed by atoms with Gasteiger partial charge in [-0.15, -0.1) is 0 Å². The third-order valence-electron chi connectivity index (χ3n) is 3.95. The van der Waals surface area contributed by atoms with Gasteiger partial charge in [0.15, 0.2) is 0 Å². The van der Waals surface area contributed by atoms with Crippen LogP contribution in [0.5, 0.6) is 0 Å². The van der Waals surface area contributed by atoms with Gasteiger partial charge in [-0.2, -0.15) is 0 Å².